The molecule has 7 nitrogen and oxygen atoms in total. The Morgan fingerprint density at radius 1 is 1.12 bits per heavy atom. The van der Waals surface area contributed by atoms with Crippen molar-refractivity contribution in [3.63, 3.8) is 0 Å². The van der Waals surface area contributed by atoms with Crippen molar-refractivity contribution < 1.29 is 14.3 Å². The lowest BCUT2D eigenvalue weighted by molar-refractivity contribution is -0.120. The second-order valence-electron chi connectivity index (χ2n) is 8.16. The zero-order chi connectivity index (χ0) is 23.4. The predicted octanol–water partition coefficient (Wildman–Crippen LogP) is 5.40. The Balaban J connectivity index is 1.41. The van der Waals surface area contributed by atoms with E-state index in [0.29, 0.717) is 54.1 Å². The number of amides is 1. The van der Waals surface area contributed by atoms with E-state index in [1.165, 1.54) is 0 Å². The highest BCUT2D eigenvalue weighted by molar-refractivity contribution is 6.31. The molecule has 1 aliphatic rings. The van der Waals surface area contributed by atoms with Gasteiger partial charge in [-0.25, -0.2) is 9.97 Å². The second-order valence-corrected chi connectivity index (χ2v) is 8.56. The van der Waals surface area contributed by atoms with Gasteiger partial charge in [-0.15, -0.1) is 0 Å². The maximum atomic E-state index is 12.9. The first-order valence-corrected chi connectivity index (χ1v) is 11.3. The smallest absolute Gasteiger partial charge is 0.263 e. The van der Waals surface area contributed by atoms with Gasteiger partial charge in [-0.2, -0.15) is 0 Å². The van der Waals surface area contributed by atoms with E-state index in [-0.39, 0.29) is 11.8 Å². The van der Waals surface area contributed by atoms with E-state index >= 15 is 0 Å². The van der Waals surface area contributed by atoms with Gasteiger partial charge in [0.2, 0.25) is 5.91 Å². The van der Waals surface area contributed by atoms with Gasteiger partial charge in [0, 0.05) is 42.5 Å². The first-order chi connectivity index (χ1) is 15.9. The lowest BCUT2D eigenvalue weighted by atomic mass is 9.95. The number of ether oxygens (including phenoxy) is 2. The van der Waals surface area contributed by atoms with Gasteiger partial charge in [0.05, 0.1) is 12.8 Å². The van der Waals surface area contributed by atoms with Crippen LogP contribution >= 0.6 is 11.6 Å². The Bertz CT molecular complexity index is 1150. The number of aromatic nitrogens is 2. The third-order valence-electron chi connectivity index (χ3n) is 5.75. The minimum atomic E-state index is -0.111. The highest BCUT2D eigenvalue weighted by Crippen LogP contribution is 2.34. The Labute approximate surface area is 198 Å². The van der Waals surface area contributed by atoms with Crippen molar-refractivity contribution in [2.45, 2.75) is 26.7 Å². The van der Waals surface area contributed by atoms with Gasteiger partial charge in [0.1, 0.15) is 11.5 Å². The highest BCUT2D eigenvalue weighted by Gasteiger charge is 2.28. The van der Waals surface area contributed by atoms with Crippen LogP contribution in [0.15, 0.2) is 48.8 Å². The van der Waals surface area contributed by atoms with Gasteiger partial charge in [0.25, 0.3) is 5.88 Å². The van der Waals surface area contributed by atoms with Crippen LogP contribution < -0.4 is 19.7 Å². The number of carbonyl (C=O) groups is 1. The molecule has 0 bridgehead atoms. The van der Waals surface area contributed by atoms with Crippen LogP contribution in [0.25, 0.3) is 0 Å². The minimum absolute atomic E-state index is 0.0231. The molecule has 0 saturated carbocycles. The molecule has 1 aliphatic heterocycles. The van der Waals surface area contributed by atoms with E-state index in [0.717, 1.165) is 16.9 Å². The van der Waals surface area contributed by atoms with Crippen LogP contribution in [0.3, 0.4) is 0 Å². The number of anilines is 2. The van der Waals surface area contributed by atoms with E-state index in [1.54, 1.807) is 25.6 Å². The molecule has 2 heterocycles. The third kappa shape index (κ3) is 5.37. The van der Waals surface area contributed by atoms with Crippen LogP contribution in [0.4, 0.5) is 11.5 Å². The average molecular weight is 467 g/mol. The molecular formula is C25H27ClN4O3. The molecule has 0 aliphatic carbocycles. The van der Waals surface area contributed by atoms with Crippen molar-refractivity contribution in [1.29, 1.82) is 0 Å². The molecule has 0 spiro atoms. The largest absolute Gasteiger partial charge is 0.495 e. The van der Waals surface area contributed by atoms with Gasteiger partial charge in [-0.1, -0.05) is 23.7 Å². The van der Waals surface area contributed by atoms with Crippen LogP contribution in [0.1, 0.15) is 24.0 Å². The molecule has 8 heteroatoms. The van der Waals surface area contributed by atoms with Crippen LogP contribution in [0, 0.1) is 19.8 Å². The summed E-state index contributed by atoms with van der Waals surface area (Å²) in [4.78, 5) is 24.0. The van der Waals surface area contributed by atoms with Gasteiger partial charge in [-0.3, -0.25) is 4.79 Å². The van der Waals surface area contributed by atoms with Crippen LogP contribution in [-0.4, -0.2) is 36.1 Å². The Morgan fingerprint density at radius 3 is 2.61 bits per heavy atom. The SMILES string of the molecule is COc1cc(Cl)c(C)cc1NC(=O)C1CCN(c2nccnc2Oc2cccc(C)c2)CC1. The van der Waals surface area contributed by atoms with Gasteiger partial charge in [-0.05, 0) is 56.0 Å². The van der Waals surface area contributed by atoms with Gasteiger partial charge < -0.3 is 19.7 Å². The summed E-state index contributed by atoms with van der Waals surface area (Å²) in [6.07, 6.45) is 4.67. The molecule has 4 rings (SSSR count). The number of hydrogen-bond acceptors (Lipinski definition) is 6. The van der Waals surface area contributed by atoms with E-state index in [2.05, 4.69) is 20.2 Å². The summed E-state index contributed by atoms with van der Waals surface area (Å²) in [5.74, 6) is 2.29. The highest BCUT2D eigenvalue weighted by atomic mass is 35.5. The fraction of sp³-hybridized carbons (Fsp3) is 0.320. The number of methoxy groups -OCH3 is 1. The van der Waals surface area contributed by atoms with Crippen molar-refractivity contribution >= 4 is 29.0 Å². The summed E-state index contributed by atoms with van der Waals surface area (Å²) in [6, 6.07) is 11.4. The number of aryl methyl sites for hydroxylation is 2. The molecule has 1 fully saturated rings. The first-order valence-electron chi connectivity index (χ1n) is 10.9. The fourth-order valence-corrected chi connectivity index (χ4v) is 4.07. The maximum absolute atomic E-state index is 12.9. The van der Waals surface area contributed by atoms with Crippen LogP contribution in [-0.2, 0) is 4.79 Å². The molecule has 0 atom stereocenters. The molecule has 33 heavy (non-hydrogen) atoms. The van der Waals surface area contributed by atoms with E-state index in [1.807, 2.05) is 44.2 Å². The second kappa shape index (κ2) is 10.1. The number of piperidine rings is 1. The molecule has 3 aromatic rings. The zero-order valence-corrected chi connectivity index (χ0v) is 19.7. The van der Waals surface area contributed by atoms with E-state index in [9.17, 15) is 4.79 Å². The monoisotopic (exact) mass is 466 g/mol. The molecule has 0 radical (unpaired) electrons. The van der Waals surface area contributed by atoms with E-state index < -0.39 is 0 Å². The standard InChI is InChI=1S/C25H27ClN4O3/c1-16-5-4-6-19(13-16)33-25-23(27-9-10-28-25)30-11-7-18(8-12-30)24(31)29-21-14-17(2)20(26)15-22(21)32-3/h4-6,9-10,13-15,18H,7-8,11-12H2,1-3H3,(H,29,31). The topological polar surface area (TPSA) is 76.6 Å². The molecule has 0 unspecified atom stereocenters. The summed E-state index contributed by atoms with van der Waals surface area (Å²) in [6.45, 7) is 5.27. The van der Waals surface area contributed by atoms with E-state index in [4.69, 9.17) is 21.1 Å². The molecule has 1 saturated heterocycles. The van der Waals surface area contributed by atoms with Crippen LogP contribution in [0.5, 0.6) is 17.4 Å². The Hall–Kier alpha value is -3.32. The summed E-state index contributed by atoms with van der Waals surface area (Å²) in [5, 5.41) is 3.61. The van der Waals surface area contributed by atoms with Crippen molar-refractivity contribution in [2.24, 2.45) is 5.92 Å². The molecule has 1 N–H and O–H groups in total. The number of carbonyl (C=O) groups excluding carboxylic acids is 1. The normalized spacial score (nSPS) is 14.1. The molecular weight excluding hydrogens is 440 g/mol. The molecule has 2 aromatic carbocycles. The summed E-state index contributed by atoms with van der Waals surface area (Å²) < 4.78 is 11.4. The van der Waals surface area contributed by atoms with Gasteiger partial charge in [0.15, 0.2) is 5.82 Å². The number of hydrogen-bond donors (Lipinski definition) is 1. The third-order valence-corrected chi connectivity index (χ3v) is 6.16. The number of nitrogens with zero attached hydrogens (tertiary/aromatic N) is 3. The summed E-state index contributed by atoms with van der Waals surface area (Å²) in [5.41, 5.74) is 2.62. The first kappa shape index (κ1) is 22.9. The Morgan fingerprint density at radius 2 is 1.88 bits per heavy atom. The lowest BCUT2D eigenvalue weighted by Gasteiger charge is -2.32. The van der Waals surface area contributed by atoms with Crippen molar-refractivity contribution in [3.05, 3.63) is 64.9 Å². The quantitative estimate of drug-likeness (QED) is 0.524. The summed E-state index contributed by atoms with van der Waals surface area (Å²) in [7, 11) is 1.56. The average Bonchev–Trinajstić information content (AvgIpc) is 2.82. The maximum Gasteiger partial charge on any atom is 0.263 e. The van der Waals surface area contributed by atoms with Crippen LogP contribution in [0.2, 0.25) is 5.02 Å². The number of halogens is 1. The number of nitrogens with one attached hydrogen (secondary N) is 1. The number of rotatable bonds is 6. The molecule has 1 aromatic heterocycles. The van der Waals surface area contributed by atoms with Crippen molar-refractivity contribution in [1.82, 2.24) is 9.97 Å². The molecule has 172 valence electrons. The predicted molar refractivity (Wildman–Crippen MR) is 130 cm³/mol. The Kier molecular flexibility index (Phi) is 6.99. The number of benzene rings is 2. The molecule has 1 amide bonds. The van der Waals surface area contributed by atoms with Crippen molar-refractivity contribution in [2.75, 3.05) is 30.4 Å². The van der Waals surface area contributed by atoms with Gasteiger partial charge >= 0.3 is 0 Å². The van der Waals surface area contributed by atoms with Crippen molar-refractivity contribution in [3.8, 4) is 17.4 Å². The minimum Gasteiger partial charge on any atom is -0.495 e. The fourth-order valence-electron chi connectivity index (χ4n) is 3.92. The summed E-state index contributed by atoms with van der Waals surface area (Å²) >= 11 is 6.18. The lowest BCUT2D eigenvalue weighted by Crippen LogP contribution is -2.38. The zero-order valence-electron chi connectivity index (χ0n) is 19.0.